The van der Waals surface area contributed by atoms with E-state index >= 15 is 0 Å². The number of hydrogen-bond donors (Lipinski definition) is 1. The molecule has 2 saturated heterocycles. The lowest BCUT2D eigenvalue weighted by atomic mass is 9.95. The summed E-state index contributed by atoms with van der Waals surface area (Å²) in [6, 6.07) is 44.1. The molecule has 2 fully saturated rings. The van der Waals surface area contributed by atoms with Crippen LogP contribution in [0.5, 0.6) is 5.75 Å². The number of benzene rings is 5. The third kappa shape index (κ3) is 8.10. The van der Waals surface area contributed by atoms with Crippen molar-refractivity contribution >= 4 is 35.7 Å². The maximum atomic E-state index is 14.6. The first-order valence-corrected chi connectivity index (χ1v) is 18.5. The molecule has 6 atom stereocenters. The molecule has 0 aliphatic carbocycles. The Kier molecular flexibility index (Phi) is 11.4. The van der Waals surface area contributed by atoms with Crippen molar-refractivity contribution in [1.29, 1.82) is 0 Å². The van der Waals surface area contributed by atoms with Gasteiger partial charge in [0, 0.05) is 18.1 Å². The molecule has 0 aromatic heterocycles. The molecule has 7 rings (SSSR count). The molecule has 2 aliphatic rings. The largest absolute Gasteiger partial charge is 0.497 e. The summed E-state index contributed by atoms with van der Waals surface area (Å²) >= 11 is 0. The fourth-order valence-corrected chi connectivity index (χ4v) is 9.00. The first kappa shape index (κ1) is 35.5. The number of nitrogens with one attached hydrogen (secondary N) is 1. The van der Waals surface area contributed by atoms with Gasteiger partial charge in [-0.15, -0.1) is 0 Å². The van der Waals surface area contributed by atoms with Crippen LogP contribution in [0.2, 0.25) is 0 Å². The van der Waals surface area contributed by atoms with E-state index in [9.17, 15) is 9.59 Å². The Hall–Kier alpha value is -4.89. The summed E-state index contributed by atoms with van der Waals surface area (Å²) in [6.45, 7) is 1.68. The molecule has 5 aromatic carbocycles. The van der Waals surface area contributed by atoms with E-state index in [0.717, 1.165) is 27.0 Å². The molecule has 10 heteroatoms. The van der Waals surface area contributed by atoms with Gasteiger partial charge in [0.25, 0.3) is 5.91 Å². The minimum absolute atomic E-state index is 0.145. The predicted molar refractivity (Wildman–Crippen MR) is 198 cm³/mol. The number of esters is 1. The zero-order valence-electron chi connectivity index (χ0n) is 28.9. The second-order valence-electron chi connectivity index (χ2n) is 12.5. The number of ether oxygens (including phenoxy) is 6. The normalized spacial score (nSPS) is 22.6. The van der Waals surface area contributed by atoms with Crippen molar-refractivity contribution in [3.05, 3.63) is 156 Å². The Morgan fingerprint density at radius 3 is 2.02 bits per heavy atom. The van der Waals surface area contributed by atoms with Crippen molar-refractivity contribution in [3.63, 3.8) is 0 Å². The SMILES string of the molecule is COc1ccc([C@@H]2OC[C@H]3O[C@H](OCc4ccccc4)[C@H](NC(=O)c4ccccc4P(c4ccccc4)c4ccccc4)[C@@H](OC(C)=O)[C@@H]3O2)cc1. The van der Waals surface area contributed by atoms with Gasteiger partial charge in [-0.1, -0.05) is 121 Å². The molecule has 0 radical (unpaired) electrons. The highest BCUT2D eigenvalue weighted by Gasteiger charge is 2.53. The molecular formula is C42H40NO8P. The summed E-state index contributed by atoms with van der Waals surface area (Å²) < 4.78 is 36.9. The number of fused-ring (bicyclic) bond motifs is 1. The van der Waals surface area contributed by atoms with E-state index in [1.54, 1.807) is 7.11 Å². The summed E-state index contributed by atoms with van der Waals surface area (Å²) in [5, 5.41) is 6.28. The third-order valence-corrected chi connectivity index (χ3v) is 11.5. The van der Waals surface area contributed by atoms with Crippen LogP contribution in [0.15, 0.2) is 140 Å². The smallest absolute Gasteiger partial charge is 0.303 e. The van der Waals surface area contributed by atoms with Crippen LogP contribution in [0, 0.1) is 0 Å². The number of methoxy groups -OCH3 is 1. The van der Waals surface area contributed by atoms with Gasteiger partial charge in [-0.05, 0) is 47.6 Å². The molecule has 2 aliphatic heterocycles. The van der Waals surface area contributed by atoms with Gasteiger partial charge in [-0.25, -0.2) is 0 Å². The van der Waals surface area contributed by atoms with E-state index in [2.05, 4.69) is 29.6 Å². The van der Waals surface area contributed by atoms with Gasteiger partial charge in [-0.2, -0.15) is 0 Å². The van der Waals surface area contributed by atoms with Crippen molar-refractivity contribution < 1.29 is 38.0 Å². The molecule has 2 heterocycles. The maximum absolute atomic E-state index is 14.6. The highest BCUT2D eigenvalue weighted by Crippen LogP contribution is 2.38. The third-order valence-electron chi connectivity index (χ3n) is 9.00. The zero-order chi connectivity index (χ0) is 35.9. The number of amides is 1. The summed E-state index contributed by atoms with van der Waals surface area (Å²) in [7, 11) is 0.499. The number of carbonyl (C=O) groups excluding carboxylic acids is 2. The van der Waals surface area contributed by atoms with E-state index in [4.69, 9.17) is 28.4 Å². The van der Waals surface area contributed by atoms with Gasteiger partial charge in [0.2, 0.25) is 0 Å². The van der Waals surface area contributed by atoms with E-state index in [0.29, 0.717) is 11.3 Å². The summed E-state index contributed by atoms with van der Waals surface area (Å²) in [5.41, 5.74) is 2.17. The Balaban J connectivity index is 1.23. The molecule has 1 N–H and O–H groups in total. The number of hydrogen-bond acceptors (Lipinski definition) is 8. The van der Waals surface area contributed by atoms with Gasteiger partial charge in [-0.3, -0.25) is 9.59 Å². The molecule has 0 spiro atoms. The number of rotatable bonds is 11. The van der Waals surface area contributed by atoms with Crippen molar-refractivity contribution in [1.82, 2.24) is 5.32 Å². The fourth-order valence-electron chi connectivity index (χ4n) is 6.55. The van der Waals surface area contributed by atoms with Crippen molar-refractivity contribution in [3.8, 4) is 5.75 Å². The predicted octanol–water partition coefficient (Wildman–Crippen LogP) is 5.54. The Bertz CT molecular complexity index is 1890. The first-order valence-electron chi connectivity index (χ1n) is 17.2. The Labute approximate surface area is 304 Å². The molecule has 52 heavy (non-hydrogen) atoms. The average Bonchev–Trinajstić information content (AvgIpc) is 3.19. The molecule has 0 saturated carbocycles. The molecule has 266 valence electrons. The highest BCUT2D eigenvalue weighted by molar-refractivity contribution is 7.80. The van der Waals surface area contributed by atoms with Gasteiger partial charge in [0.15, 0.2) is 18.7 Å². The van der Waals surface area contributed by atoms with Crippen LogP contribution >= 0.6 is 7.92 Å². The molecule has 0 unspecified atom stereocenters. The Morgan fingerprint density at radius 1 is 0.769 bits per heavy atom. The highest BCUT2D eigenvalue weighted by atomic mass is 31.1. The van der Waals surface area contributed by atoms with Crippen LogP contribution in [-0.4, -0.2) is 56.2 Å². The van der Waals surface area contributed by atoms with E-state index in [1.165, 1.54) is 6.92 Å². The van der Waals surface area contributed by atoms with Crippen LogP contribution in [0.3, 0.4) is 0 Å². The maximum Gasteiger partial charge on any atom is 0.303 e. The average molecular weight is 718 g/mol. The lowest BCUT2D eigenvalue weighted by molar-refractivity contribution is -0.346. The lowest BCUT2D eigenvalue weighted by Gasteiger charge is -2.48. The van der Waals surface area contributed by atoms with Gasteiger partial charge in [0.1, 0.15) is 24.0 Å². The topological polar surface area (TPSA) is 102 Å². The number of carbonyl (C=O) groups is 2. The molecular weight excluding hydrogens is 677 g/mol. The van der Waals surface area contributed by atoms with Crippen LogP contribution in [0.25, 0.3) is 0 Å². The zero-order valence-corrected chi connectivity index (χ0v) is 29.8. The van der Waals surface area contributed by atoms with Crippen molar-refractivity contribution in [2.24, 2.45) is 0 Å². The lowest BCUT2D eigenvalue weighted by Crippen LogP contribution is -2.67. The molecule has 1 amide bonds. The second-order valence-corrected chi connectivity index (χ2v) is 14.7. The standard InChI is InChI=1S/C42H40NO8P/c1-28(44)49-39-37(43-40(45)34-20-12-13-21-36(34)52(32-16-8-4-9-17-32)33-18-10-5-11-19-33)42(47-26-29-14-6-3-7-15-29)50-35-27-48-41(51-38(35)39)30-22-24-31(46-2)25-23-30/h3-25,35,37-39,41-42H,26-27H2,1-2H3,(H,43,45)/t35-,37-,38-,39-,41-,42+/m1/s1. The molecule has 0 bridgehead atoms. The Morgan fingerprint density at radius 2 is 1.38 bits per heavy atom. The minimum atomic E-state index is -1.10. The summed E-state index contributed by atoms with van der Waals surface area (Å²) in [6.07, 6.45) is -4.18. The molecule has 9 nitrogen and oxygen atoms in total. The fraction of sp³-hybridized carbons (Fsp3) is 0.238. The van der Waals surface area contributed by atoms with Crippen LogP contribution < -0.4 is 26.0 Å². The summed E-state index contributed by atoms with van der Waals surface area (Å²) in [5.74, 6) is -0.188. The minimum Gasteiger partial charge on any atom is -0.497 e. The van der Waals surface area contributed by atoms with Crippen LogP contribution in [0.1, 0.15) is 34.7 Å². The summed E-state index contributed by atoms with van der Waals surface area (Å²) in [4.78, 5) is 27.4. The van der Waals surface area contributed by atoms with Crippen LogP contribution in [0.4, 0.5) is 0 Å². The first-order chi connectivity index (χ1) is 25.5. The monoisotopic (exact) mass is 717 g/mol. The van der Waals surface area contributed by atoms with Gasteiger partial charge >= 0.3 is 5.97 Å². The van der Waals surface area contributed by atoms with E-state index in [-0.39, 0.29) is 19.1 Å². The van der Waals surface area contributed by atoms with Gasteiger partial charge in [0.05, 0.1) is 20.3 Å². The quantitative estimate of drug-likeness (QED) is 0.141. The van der Waals surface area contributed by atoms with Crippen molar-refractivity contribution in [2.75, 3.05) is 13.7 Å². The second kappa shape index (κ2) is 16.6. The van der Waals surface area contributed by atoms with Crippen molar-refractivity contribution in [2.45, 2.75) is 50.5 Å². The van der Waals surface area contributed by atoms with E-state index in [1.807, 2.05) is 115 Å². The molecule has 5 aromatic rings. The van der Waals surface area contributed by atoms with E-state index < -0.39 is 50.8 Å². The van der Waals surface area contributed by atoms with Gasteiger partial charge < -0.3 is 33.7 Å². The van der Waals surface area contributed by atoms with Crippen LogP contribution in [-0.2, 0) is 35.1 Å².